The number of likely N-dealkylation sites (tertiary alicyclic amines) is 1. The standard InChI is InChI=1S/C16H19NO3/c1-16(20)9-3-10-17(12-16)15(19)14-7-5-13(6-8-14)4-2-11-18/h5-8,18,20H,3,9-12H2,1H3. The van der Waals surface area contributed by atoms with Crippen LogP contribution in [0.15, 0.2) is 24.3 Å². The van der Waals surface area contributed by atoms with Gasteiger partial charge in [0.15, 0.2) is 0 Å². The molecule has 1 heterocycles. The van der Waals surface area contributed by atoms with E-state index in [1.165, 1.54) is 0 Å². The number of β-amino-alcohol motifs (C(OH)–C–C–N with tert-alkyl or cyclic N) is 1. The predicted octanol–water partition coefficient (Wildman–Crippen LogP) is 1.02. The highest BCUT2D eigenvalue weighted by molar-refractivity contribution is 5.94. The maximum absolute atomic E-state index is 12.4. The van der Waals surface area contributed by atoms with Gasteiger partial charge in [-0.2, -0.15) is 0 Å². The Bertz CT molecular complexity index is 537. The van der Waals surface area contributed by atoms with Gasteiger partial charge >= 0.3 is 0 Å². The highest BCUT2D eigenvalue weighted by Crippen LogP contribution is 2.21. The minimum Gasteiger partial charge on any atom is -0.388 e. The molecular weight excluding hydrogens is 254 g/mol. The third-order valence-corrected chi connectivity index (χ3v) is 3.41. The van der Waals surface area contributed by atoms with E-state index in [0.29, 0.717) is 18.7 Å². The zero-order chi connectivity index (χ0) is 14.6. The maximum Gasteiger partial charge on any atom is 0.253 e. The molecule has 4 nitrogen and oxygen atoms in total. The summed E-state index contributed by atoms with van der Waals surface area (Å²) in [6, 6.07) is 6.98. The van der Waals surface area contributed by atoms with Crippen LogP contribution in [0.3, 0.4) is 0 Å². The molecule has 1 aliphatic heterocycles. The maximum atomic E-state index is 12.4. The fraction of sp³-hybridized carbons (Fsp3) is 0.438. The number of hydrogen-bond donors (Lipinski definition) is 2. The van der Waals surface area contributed by atoms with Crippen molar-refractivity contribution in [1.29, 1.82) is 0 Å². The zero-order valence-electron chi connectivity index (χ0n) is 11.6. The van der Waals surface area contributed by atoms with Gasteiger partial charge < -0.3 is 15.1 Å². The number of piperidine rings is 1. The van der Waals surface area contributed by atoms with Crippen molar-refractivity contribution in [2.75, 3.05) is 19.7 Å². The van der Waals surface area contributed by atoms with Crippen LogP contribution in [0.1, 0.15) is 35.7 Å². The van der Waals surface area contributed by atoms with Gasteiger partial charge in [-0.25, -0.2) is 0 Å². The first kappa shape index (κ1) is 14.6. The normalized spacial score (nSPS) is 22.1. The van der Waals surface area contributed by atoms with Gasteiger partial charge in [0.2, 0.25) is 0 Å². The molecule has 1 saturated heterocycles. The van der Waals surface area contributed by atoms with Crippen molar-refractivity contribution < 1.29 is 15.0 Å². The molecule has 1 fully saturated rings. The predicted molar refractivity (Wildman–Crippen MR) is 76.2 cm³/mol. The molecule has 0 bridgehead atoms. The van der Waals surface area contributed by atoms with E-state index in [1.54, 1.807) is 36.1 Å². The lowest BCUT2D eigenvalue weighted by Gasteiger charge is -2.36. The van der Waals surface area contributed by atoms with Gasteiger partial charge in [-0.15, -0.1) is 0 Å². The second kappa shape index (κ2) is 6.08. The minimum absolute atomic E-state index is 0.0633. The first-order valence-electron chi connectivity index (χ1n) is 6.73. The molecule has 20 heavy (non-hydrogen) atoms. The van der Waals surface area contributed by atoms with E-state index in [-0.39, 0.29) is 12.5 Å². The van der Waals surface area contributed by atoms with Gasteiger partial charge in [-0.05, 0) is 44.0 Å². The number of benzene rings is 1. The molecule has 1 amide bonds. The number of amides is 1. The molecule has 1 atom stereocenters. The second-order valence-electron chi connectivity index (χ2n) is 5.36. The van der Waals surface area contributed by atoms with Crippen molar-refractivity contribution in [2.24, 2.45) is 0 Å². The summed E-state index contributed by atoms with van der Waals surface area (Å²) in [5.41, 5.74) is 0.568. The number of carbonyl (C=O) groups excluding carboxylic acids is 1. The van der Waals surface area contributed by atoms with E-state index in [4.69, 9.17) is 5.11 Å². The SMILES string of the molecule is CC1(O)CCCN(C(=O)c2ccc(C#CCO)cc2)C1. The molecule has 106 valence electrons. The smallest absolute Gasteiger partial charge is 0.253 e. The van der Waals surface area contributed by atoms with Gasteiger partial charge in [0.1, 0.15) is 6.61 Å². The number of rotatable bonds is 1. The Labute approximate surface area is 119 Å². The molecule has 1 aliphatic rings. The van der Waals surface area contributed by atoms with E-state index in [0.717, 1.165) is 18.4 Å². The molecule has 0 aliphatic carbocycles. The number of hydrogen-bond acceptors (Lipinski definition) is 3. The molecule has 0 aromatic heterocycles. The van der Waals surface area contributed by atoms with Gasteiger partial charge in [0.05, 0.1) is 5.60 Å². The van der Waals surface area contributed by atoms with Crippen LogP contribution >= 0.6 is 0 Å². The molecule has 1 aromatic carbocycles. The summed E-state index contributed by atoms with van der Waals surface area (Å²) in [6.07, 6.45) is 1.55. The first-order valence-corrected chi connectivity index (χ1v) is 6.73. The largest absolute Gasteiger partial charge is 0.388 e. The summed E-state index contributed by atoms with van der Waals surface area (Å²) in [7, 11) is 0. The van der Waals surface area contributed by atoms with Crippen molar-refractivity contribution in [3.8, 4) is 11.8 Å². The van der Waals surface area contributed by atoms with E-state index in [9.17, 15) is 9.90 Å². The Morgan fingerprint density at radius 1 is 1.40 bits per heavy atom. The molecule has 2 rings (SSSR count). The van der Waals surface area contributed by atoms with Crippen molar-refractivity contribution in [3.63, 3.8) is 0 Å². The van der Waals surface area contributed by atoms with Crippen LogP contribution in [-0.2, 0) is 0 Å². The molecular formula is C16H19NO3. The molecule has 0 spiro atoms. The van der Waals surface area contributed by atoms with Crippen LogP contribution in [-0.4, -0.2) is 46.3 Å². The van der Waals surface area contributed by atoms with Crippen molar-refractivity contribution in [1.82, 2.24) is 4.90 Å². The topological polar surface area (TPSA) is 60.8 Å². The average molecular weight is 273 g/mol. The van der Waals surface area contributed by atoms with E-state index < -0.39 is 5.60 Å². The number of aliphatic hydroxyl groups excluding tert-OH is 1. The summed E-state index contributed by atoms with van der Waals surface area (Å²) < 4.78 is 0. The number of carbonyl (C=O) groups is 1. The number of aliphatic hydroxyl groups is 2. The third kappa shape index (κ3) is 3.60. The van der Waals surface area contributed by atoms with Crippen molar-refractivity contribution >= 4 is 5.91 Å². The monoisotopic (exact) mass is 273 g/mol. The minimum atomic E-state index is -0.791. The first-order chi connectivity index (χ1) is 9.52. The summed E-state index contributed by atoms with van der Waals surface area (Å²) in [4.78, 5) is 14.0. The molecule has 0 radical (unpaired) electrons. The van der Waals surface area contributed by atoms with Crippen LogP contribution in [0.2, 0.25) is 0 Å². The van der Waals surface area contributed by atoms with Crippen LogP contribution in [0, 0.1) is 11.8 Å². The summed E-state index contributed by atoms with van der Waals surface area (Å²) in [5, 5.41) is 18.7. The highest BCUT2D eigenvalue weighted by Gasteiger charge is 2.31. The quantitative estimate of drug-likeness (QED) is 0.751. The van der Waals surface area contributed by atoms with E-state index in [2.05, 4.69) is 11.8 Å². The van der Waals surface area contributed by atoms with Crippen LogP contribution < -0.4 is 0 Å². The van der Waals surface area contributed by atoms with Gasteiger partial charge in [-0.3, -0.25) is 4.79 Å². The Hall–Kier alpha value is -1.83. The Kier molecular flexibility index (Phi) is 4.43. The summed E-state index contributed by atoms with van der Waals surface area (Å²) in [5.74, 6) is 5.29. The summed E-state index contributed by atoms with van der Waals surface area (Å²) in [6.45, 7) is 2.64. The number of nitrogens with zero attached hydrogens (tertiary/aromatic N) is 1. The van der Waals surface area contributed by atoms with Crippen molar-refractivity contribution in [3.05, 3.63) is 35.4 Å². The van der Waals surface area contributed by atoms with E-state index >= 15 is 0 Å². The van der Waals surface area contributed by atoms with E-state index in [1.807, 2.05) is 0 Å². The lowest BCUT2D eigenvalue weighted by atomic mass is 9.94. The zero-order valence-corrected chi connectivity index (χ0v) is 11.6. The van der Waals surface area contributed by atoms with Gasteiger partial charge in [-0.1, -0.05) is 11.8 Å². The third-order valence-electron chi connectivity index (χ3n) is 3.41. The highest BCUT2D eigenvalue weighted by atomic mass is 16.3. The van der Waals surface area contributed by atoms with Crippen LogP contribution in [0.5, 0.6) is 0 Å². The fourth-order valence-corrected chi connectivity index (χ4v) is 2.41. The molecule has 0 saturated carbocycles. The van der Waals surface area contributed by atoms with Gasteiger partial charge in [0.25, 0.3) is 5.91 Å². The Morgan fingerprint density at radius 2 is 2.10 bits per heavy atom. The molecule has 4 heteroatoms. The fourth-order valence-electron chi connectivity index (χ4n) is 2.41. The molecule has 2 N–H and O–H groups in total. The lowest BCUT2D eigenvalue weighted by molar-refractivity contribution is -0.0107. The average Bonchev–Trinajstić information content (AvgIpc) is 2.44. The lowest BCUT2D eigenvalue weighted by Crippen LogP contribution is -2.48. The summed E-state index contributed by atoms with van der Waals surface area (Å²) >= 11 is 0. The Balaban J connectivity index is 2.09. The molecule has 1 unspecified atom stereocenters. The second-order valence-corrected chi connectivity index (χ2v) is 5.36. The Morgan fingerprint density at radius 3 is 2.70 bits per heavy atom. The van der Waals surface area contributed by atoms with Crippen LogP contribution in [0.25, 0.3) is 0 Å². The van der Waals surface area contributed by atoms with Gasteiger partial charge in [0, 0.05) is 24.2 Å². The van der Waals surface area contributed by atoms with Crippen LogP contribution in [0.4, 0.5) is 0 Å². The van der Waals surface area contributed by atoms with Crippen molar-refractivity contribution in [2.45, 2.75) is 25.4 Å². The molecule has 1 aromatic rings.